The zero-order chi connectivity index (χ0) is 28.0. The monoisotopic (exact) mass is 560 g/mol. The molecule has 11 nitrogen and oxygen atoms in total. The number of rotatable bonds is 6. The Balaban J connectivity index is 1.19. The van der Waals surface area contributed by atoms with Crippen LogP contribution >= 0.6 is 0 Å². The number of benzene rings is 1. The Labute approximate surface area is 224 Å². The summed E-state index contributed by atoms with van der Waals surface area (Å²) in [6.07, 6.45) is 0.666. The van der Waals surface area contributed by atoms with Crippen LogP contribution in [0, 0.1) is 11.6 Å². The maximum absolute atomic E-state index is 15.2. The van der Waals surface area contributed by atoms with Crippen molar-refractivity contribution in [3.8, 4) is 0 Å². The molecule has 40 heavy (non-hydrogen) atoms. The third-order valence-electron chi connectivity index (χ3n) is 7.24. The summed E-state index contributed by atoms with van der Waals surface area (Å²) in [5, 5.41) is 16.2. The van der Waals surface area contributed by atoms with E-state index in [0.717, 1.165) is 6.07 Å². The topological polar surface area (TPSA) is 125 Å². The number of likely N-dealkylation sites (tertiary alicyclic amines) is 1. The summed E-state index contributed by atoms with van der Waals surface area (Å²) >= 11 is 0. The Morgan fingerprint density at radius 3 is 2.58 bits per heavy atom. The summed E-state index contributed by atoms with van der Waals surface area (Å²) < 4.78 is 62.0. The molecular formula is C25H24F4N8O3. The highest BCUT2D eigenvalue weighted by Crippen LogP contribution is 2.34. The van der Waals surface area contributed by atoms with Gasteiger partial charge >= 0.3 is 6.43 Å². The molecule has 0 bridgehead atoms. The Bertz CT molecular complexity index is 1550. The van der Waals surface area contributed by atoms with Crippen LogP contribution in [0.4, 0.5) is 35.0 Å². The number of amides is 1. The van der Waals surface area contributed by atoms with Crippen molar-refractivity contribution in [1.82, 2.24) is 29.6 Å². The second-order valence-electron chi connectivity index (χ2n) is 9.77. The molecule has 0 radical (unpaired) electrons. The van der Waals surface area contributed by atoms with Gasteiger partial charge in [0, 0.05) is 44.0 Å². The van der Waals surface area contributed by atoms with Crippen LogP contribution in [-0.2, 0) is 0 Å². The quantitative estimate of drug-likeness (QED) is 0.339. The lowest BCUT2D eigenvalue weighted by atomic mass is 10.1. The van der Waals surface area contributed by atoms with Crippen LogP contribution in [0.2, 0.25) is 0 Å². The molecule has 0 saturated carbocycles. The van der Waals surface area contributed by atoms with E-state index in [9.17, 15) is 23.1 Å². The molecule has 4 aromatic rings. The summed E-state index contributed by atoms with van der Waals surface area (Å²) in [6.45, 7) is 1.45. The number of β-amino-alcohol motifs (C(OH)–C–C–N with tert-alkyl or cyclic N) is 1. The molecule has 2 saturated heterocycles. The van der Waals surface area contributed by atoms with Crippen LogP contribution in [0.25, 0.3) is 11.0 Å². The first-order chi connectivity index (χ1) is 19.3. The number of carbonyl (C=O) groups is 1. The number of piperidine rings is 1. The first-order valence-corrected chi connectivity index (χ1v) is 12.7. The maximum Gasteiger partial charge on any atom is 0.316 e. The molecule has 6 rings (SSSR count). The molecule has 2 aliphatic rings. The molecule has 0 aliphatic carbocycles. The van der Waals surface area contributed by atoms with Crippen LogP contribution in [0.15, 0.2) is 35.2 Å². The van der Waals surface area contributed by atoms with Gasteiger partial charge < -0.3 is 29.3 Å². The van der Waals surface area contributed by atoms with Gasteiger partial charge in [-0.05, 0) is 42.6 Å². The maximum atomic E-state index is 15.2. The van der Waals surface area contributed by atoms with Gasteiger partial charge in [-0.2, -0.15) is 13.8 Å². The van der Waals surface area contributed by atoms with Gasteiger partial charge in [0.05, 0.1) is 17.2 Å². The molecule has 15 heteroatoms. The lowest BCUT2D eigenvalue weighted by Crippen LogP contribution is -2.35. The average molecular weight is 561 g/mol. The molecule has 1 amide bonds. The fourth-order valence-corrected chi connectivity index (χ4v) is 5.19. The van der Waals surface area contributed by atoms with Crippen molar-refractivity contribution >= 4 is 34.4 Å². The molecule has 1 aromatic carbocycles. The van der Waals surface area contributed by atoms with Crippen LogP contribution in [0.3, 0.4) is 0 Å². The minimum absolute atomic E-state index is 0.00161. The van der Waals surface area contributed by atoms with Crippen molar-refractivity contribution in [2.24, 2.45) is 0 Å². The Hall–Kier alpha value is -4.27. The number of hydrogen-bond acceptors (Lipinski definition) is 9. The molecule has 3 aromatic heterocycles. The van der Waals surface area contributed by atoms with E-state index in [1.54, 1.807) is 9.47 Å². The molecule has 0 spiro atoms. The predicted molar refractivity (Wildman–Crippen MR) is 133 cm³/mol. The molecule has 2 fully saturated rings. The lowest BCUT2D eigenvalue weighted by Gasteiger charge is -2.31. The van der Waals surface area contributed by atoms with Crippen molar-refractivity contribution in [1.29, 1.82) is 0 Å². The normalized spacial score (nSPS) is 18.3. The van der Waals surface area contributed by atoms with Gasteiger partial charge in [-0.25, -0.2) is 18.7 Å². The van der Waals surface area contributed by atoms with Gasteiger partial charge in [-0.1, -0.05) is 0 Å². The Kier molecular flexibility index (Phi) is 6.73. The van der Waals surface area contributed by atoms with Gasteiger partial charge in [0.25, 0.3) is 17.7 Å². The first-order valence-electron chi connectivity index (χ1n) is 12.7. The van der Waals surface area contributed by atoms with Crippen LogP contribution in [0.1, 0.15) is 48.0 Å². The van der Waals surface area contributed by atoms with E-state index >= 15 is 4.39 Å². The zero-order valence-corrected chi connectivity index (χ0v) is 21.0. The molecule has 0 unspecified atom stereocenters. The number of nitrogens with zero attached hydrogens (tertiary/aromatic N) is 7. The van der Waals surface area contributed by atoms with Crippen LogP contribution in [-0.4, -0.2) is 72.9 Å². The highest BCUT2D eigenvalue weighted by molar-refractivity contribution is 5.95. The second kappa shape index (κ2) is 10.4. The van der Waals surface area contributed by atoms with Crippen molar-refractivity contribution < 1.29 is 32.0 Å². The van der Waals surface area contributed by atoms with Gasteiger partial charge in [-0.15, -0.1) is 0 Å². The number of carbonyl (C=O) groups excluding carboxylic acids is 1. The Morgan fingerprint density at radius 2 is 1.90 bits per heavy atom. The fraction of sp³-hybridized carbons (Fsp3) is 0.400. The molecule has 1 atom stereocenters. The third kappa shape index (κ3) is 4.80. The highest BCUT2D eigenvalue weighted by atomic mass is 19.3. The summed E-state index contributed by atoms with van der Waals surface area (Å²) in [4.78, 5) is 27.9. The first kappa shape index (κ1) is 26.0. The van der Waals surface area contributed by atoms with Crippen molar-refractivity contribution in [2.45, 2.75) is 37.8 Å². The van der Waals surface area contributed by atoms with Crippen LogP contribution in [0.5, 0.6) is 0 Å². The van der Waals surface area contributed by atoms with Crippen LogP contribution < -0.4 is 10.2 Å². The van der Waals surface area contributed by atoms with E-state index in [-0.39, 0.29) is 46.9 Å². The van der Waals surface area contributed by atoms with E-state index in [1.165, 1.54) is 29.6 Å². The summed E-state index contributed by atoms with van der Waals surface area (Å²) in [7, 11) is 0. The standard InChI is InChI=1S/C25H24F4N8O3/c26-16-9-13(24(39)36-8-5-15(38)10-36)1-2-18(16)32-21-19-17(27)11-37(22(19)31-12-30-21)14-3-6-35(7-4-14)25-33-23(20(28)29)40-34-25/h1-2,9,11-12,14-15,20,38H,3-8,10H2,(H,30,31,32)/t15-/m0/s1. The zero-order valence-electron chi connectivity index (χ0n) is 21.0. The Morgan fingerprint density at radius 1 is 1.10 bits per heavy atom. The largest absolute Gasteiger partial charge is 0.391 e. The SMILES string of the molecule is O=C(c1ccc(Nc2ncnc3c2c(F)cn3C2CCN(c3noc(C(F)F)n3)CC2)c(F)c1)N1CC[C@H](O)C1. The number of aliphatic hydroxyl groups is 1. The van der Waals surface area contributed by atoms with Crippen molar-refractivity contribution in [3.05, 3.63) is 53.8 Å². The molecule has 210 valence electrons. The number of nitrogens with one attached hydrogen (secondary N) is 1. The summed E-state index contributed by atoms with van der Waals surface area (Å²) in [6, 6.07) is 3.78. The number of halogens is 4. The van der Waals surface area contributed by atoms with Crippen molar-refractivity contribution in [2.75, 3.05) is 36.4 Å². The van der Waals surface area contributed by atoms with Gasteiger partial charge in [-0.3, -0.25) is 4.79 Å². The summed E-state index contributed by atoms with van der Waals surface area (Å²) in [5.74, 6) is -2.29. The van der Waals surface area contributed by atoms with E-state index in [1.807, 2.05) is 0 Å². The fourth-order valence-electron chi connectivity index (χ4n) is 5.19. The van der Waals surface area contributed by atoms with E-state index in [4.69, 9.17) is 0 Å². The van der Waals surface area contributed by atoms with Gasteiger partial charge in [0.1, 0.15) is 23.6 Å². The predicted octanol–water partition coefficient (Wildman–Crippen LogP) is 3.82. The van der Waals surface area contributed by atoms with E-state index < -0.39 is 30.1 Å². The van der Waals surface area contributed by atoms with E-state index in [0.29, 0.717) is 44.5 Å². The van der Waals surface area contributed by atoms with Gasteiger partial charge in [0.2, 0.25) is 0 Å². The number of hydrogen-bond donors (Lipinski definition) is 2. The third-order valence-corrected chi connectivity index (χ3v) is 7.24. The average Bonchev–Trinajstić information content (AvgIpc) is 3.69. The second-order valence-corrected chi connectivity index (χ2v) is 9.77. The van der Waals surface area contributed by atoms with E-state index in [2.05, 4.69) is 29.9 Å². The smallest absolute Gasteiger partial charge is 0.316 e. The number of aromatic nitrogens is 5. The molecule has 5 heterocycles. The number of fused-ring (bicyclic) bond motifs is 1. The minimum Gasteiger partial charge on any atom is -0.391 e. The number of aliphatic hydroxyl groups excluding tert-OH is 1. The van der Waals surface area contributed by atoms with Gasteiger partial charge in [0.15, 0.2) is 5.82 Å². The van der Waals surface area contributed by atoms with Crippen molar-refractivity contribution in [3.63, 3.8) is 0 Å². The molecule has 2 aliphatic heterocycles. The lowest BCUT2D eigenvalue weighted by molar-refractivity contribution is 0.0764. The highest BCUT2D eigenvalue weighted by Gasteiger charge is 2.29. The number of alkyl halides is 2. The molecule has 2 N–H and O–H groups in total. The summed E-state index contributed by atoms with van der Waals surface area (Å²) in [5.41, 5.74) is 0.453. The number of anilines is 3. The molecular weight excluding hydrogens is 536 g/mol. The minimum atomic E-state index is -2.85.